The monoisotopic (exact) mass is 274 g/mol. The number of carbonyl (C=O) groups excluding carboxylic acids is 1. The zero-order valence-electron chi connectivity index (χ0n) is 11.1. The molecular formula is C14H15FN4O. The molecule has 0 saturated carbocycles. The number of halogens is 1. The molecule has 0 aliphatic heterocycles. The van der Waals surface area contributed by atoms with Crippen molar-refractivity contribution in [3.63, 3.8) is 0 Å². The molecule has 2 aromatic rings. The summed E-state index contributed by atoms with van der Waals surface area (Å²) < 4.78 is 13.3. The molecule has 2 N–H and O–H groups in total. The Bertz CT molecular complexity index is 589. The van der Waals surface area contributed by atoms with E-state index in [1.165, 1.54) is 6.20 Å². The summed E-state index contributed by atoms with van der Waals surface area (Å²) in [5.74, 6) is -0.610. The maximum absolute atomic E-state index is 13.3. The van der Waals surface area contributed by atoms with Gasteiger partial charge in [0.15, 0.2) is 0 Å². The molecule has 0 unspecified atom stereocenters. The van der Waals surface area contributed by atoms with Gasteiger partial charge in [0.05, 0.1) is 23.6 Å². The summed E-state index contributed by atoms with van der Waals surface area (Å²) in [6, 6.07) is 4.57. The van der Waals surface area contributed by atoms with E-state index >= 15 is 0 Å². The van der Waals surface area contributed by atoms with E-state index < -0.39 is 11.7 Å². The van der Waals surface area contributed by atoms with Gasteiger partial charge in [0.2, 0.25) is 0 Å². The van der Waals surface area contributed by atoms with Crippen LogP contribution in [0.15, 0.2) is 36.8 Å². The zero-order chi connectivity index (χ0) is 14.4. The van der Waals surface area contributed by atoms with Crippen LogP contribution < -0.4 is 10.6 Å². The first kappa shape index (κ1) is 13.9. The summed E-state index contributed by atoms with van der Waals surface area (Å²) in [4.78, 5) is 20.0. The average Bonchev–Trinajstić information content (AvgIpc) is 2.47. The first-order valence-electron chi connectivity index (χ1n) is 6.31. The molecule has 0 saturated heterocycles. The molecule has 5 nitrogen and oxygen atoms in total. The molecule has 6 heteroatoms. The number of pyridine rings is 2. The molecule has 0 aliphatic rings. The van der Waals surface area contributed by atoms with Crippen molar-refractivity contribution in [3.05, 3.63) is 48.2 Å². The summed E-state index contributed by atoms with van der Waals surface area (Å²) >= 11 is 0. The van der Waals surface area contributed by atoms with E-state index in [2.05, 4.69) is 20.6 Å². The number of hydrogen-bond donors (Lipinski definition) is 2. The highest BCUT2D eigenvalue weighted by atomic mass is 19.1. The molecule has 1 amide bonds. The lowest BCUT2D eigenvalue weighted by atomic mass is 10.2. The second-order valence-electron chi connectivity index (χ2n) is 4.17. The van der Waals surface area contributed by atoms with Gasteiger partial charge in [-0.3, -0.25) is 9.78 Å². The van der Waals surface area contributed by atoms with Crippen LogP contribution in [0.3, 0.4) is 0 Å². The van der Waals surface area contributed by atoms with Gasteiger partial charge in [-0.15, -0.1) is 0 Å². The number of anilines is 2. The second-order valence-corrected chi connectivity index (χ2v) is 4.17. The highest BCUT2D eigenvalue weighted by Crippen LogP contribution is 2.16. The van der Waals surface area contributed by atoms with Crippen LogP contribution in [0.25, 0.3) is 0 Å². The largest absolute Gasteiger partial charge is 0.369 e. The average molecular weight is 274 g/mol. The van der Waals surface area contributed by atoms with Crippen LogP contribution in [-0.4, -0.2) is 22.4 Å². The molecule has 2 aromatic heterocycles. The standard InChI is InChI=1S/C14H15FN4O/c1-2-5-17-13-12(7-10(15)8-18-13)14(20)19-11-4-3-6-16-9-11/h3-4,6-9H,2,5H2,1H3,(H,17,18)(H,19,20). The van der Waals surface area contributed by atoms with Crippen LogP contribution in [0.2, 0.25) is 0 Å². The van der Waals surface area contributed by atoms with Gasteiger partial charge >= 0.3 is 0 Å². The zero-order valence-corrected chi connectivity index (χ0v) is 11.1. The Morgan fingerprint density at radius 2 is 2.25 bits per heavy atom. The maximum atomic E-state index is 13.3. The van der Waals surface area contributed by atoms with Crippen LogP contribution in [0.5, 0.6) is 0 Å². The third kappa shape index (κ3) is 3.50. The quantitative estimate of drug-likeness (QED) is 0.879. The molecule has 2 rings (SSSR count). The van der Waals surface area contributed by atoms with Crippen molar-refractivity contribution in [2.24, 2.45) is 0 Å². The predicted octanol–water partition coefficient (Wildman–Crippen LogP) is 2.69. The van der Waals surface area contributed by atoms with Crippen LogP contribution in [0, 0.1) is 5.82 Å². The van der Waals surface area contributed by atoms with Crippen molar-refractivity contribution in [1.82, 2.24) is 9.97 Å². The fourth-order valence-corrected chi connectivity index (χ4v) is 1.63. The van der Waals surface area contributed by atoms with Crippen molar-refractivity contribution in [3.8, 4) is 0 Å². The van der Waals surface area contributed by atoms with E-state index in [1.807, 2.05) is 6.92 Å². The summed E-state index contributed by atoms with van der Waals surface area (Å²) in [5, 5.41) is 5.66. The van der Waals surface area contributed by atoms with Crippen LogP contribution >= 0.6 is 0 Å². The molecule has 0 radical (unpaired) electrons. The minimum absolute atomic E-state index is 0.169. The molecule has 0 aliphatic carbocycles. The van der Waals surface area contributed by atoms with E-state index in [4.69, 9.17) is 0 Å². The lowest BCUT2D eigenvalue weighted by Crippen LogP contribution is -2.16. The fraction of sp³-hybridized carbons (Fsp3) is 0.214. The van der Waals surface area contributed by atoms with Gasteiger partial charge in [-0.05, 0) is 24.6 Å². The van der Waals surface area contributed by atoms with Gasteiger partial charge in [0.1, 0.15) is 11.6 Å². The molecular weight excluding hydrogens is 259 g/mol. The number of carbonyl (C=O) groups is 1. The third-order valence-corrected chi connectivity index (χ3v) is 2.56. The Kier molecular flexibility index (Phi) is 4.60. The van der Waals surface area contributed by atoms with Gasteiger partial charge in [0, 0.05) is 12.7 Å². The van der Waals surface area contributed by atoms with Crippen molar-refractivity contribution < 1.29 is 9.18 Å². The highest BCUT2D eigenvalue weighted by molar-refractivity contribution is 6.07. The Morgan fingerprint density at radius 1 is 1.40 bits per heavy atom. The van der Waals surface area contributed by atoms with E-state index in [0.29, 0.717) is 18.1 Å². The van der Waals surface area contributed by atoms with Gasteiger partial charge in [0.25, 0.3) is 5.91 Å². The number of nitrogens with zero attached hydrogens (tertiary/aromatic N) is 2. The SMILES string of the molecule is CCCNc1ncc(F)cc1C(=O)Nc1cccnc1. The number of amides is 1. The van der Waals surface area contributed by atoms with Gasteiger partial charge in [-0.25, -0.2) is 9.37 Å². The number of aromatic nitrogens is 2. The molecule has 20 heavy (non-hydrogen) atoms. The van der Waals surface area contributed by atoms with Crippen molar-refractivity contribution in [2.45, 2.75) is 13.3 Å². The minimum Gasteiger partial charge on any atom is -0.369 e. The van der Waals surface area contributed by atoms with E-state index in [1.54, 1.807) is 18.3 Å². The molecule has 0 aromatic carbocycles. The summed E-state index contributed by atoms with van der Waals surface area (Å²) in [6.45, 7) is 2.65. The summed E-state index contributed by atoms with van der Waals surface area (Å²) in [7, 11) is 0. The molecule has 0 bridgehead atoms. The fourth-order valence-electron chi connectivity index (χ4n) is 1.63. The van der Waals surface area contributed by atoms with E-state index in [9.17, 15) is 9.18 Å². The van der Waals surface area contributed by atoms with Crippen LogP contribution in [-0.2, 0) is 0 Å². The molecule has 2 heterocycles. The second kappa shape index (κ2) is 6.60. The van der Waals surface area contributed by atoms with Crippen molar-refractivity contribution in [2.75, 3.05) is 17.2 Å². The Balaban J connectivity index is 2.21. The first-order chi connectivity index (χ1) is 9.70. The lowest BCUT2D eigenvalue weighted by molar-refractivity contribution is 0.102. The van der Waals surface area contributed by atoms with E-state index in [0.717, 1.165) is 18.7 Å². The van der Waals surface area contributed by atoms with Crippen LogP contribution in [0.1, 0.15) is 23.7 Å². The molecule has 104 valence electrons. The Morgan fingerprint density at radius 3 is 2.95 bits per heavy atom. The lowest BCUT2D eigenvalue weighted by Gasteiger charge is -2.10. The first-order valence-corrected chi connectivity index (χ1v) is 6.31. The maximum Gasteiger partial charge on any atom is 0.259 e. The highest BCUT2D eigenvalue weighted by Gasteiger charge is 2.14. The number of rotatable bonds is 5. The normalized spacial score (nSPS) is 10.1. The third-order valence-electron chi connectivity index (χ3n) is 2.56. The van der Waals surface area contributed by atoms with Gasteiger partial charge < -0.3 is 10.6 Å². The summed E-state index contributed by atoms with van der Waals surface area (Å²) in [6.07, 6.45) is 5.08. The van der Waals surface area contributed by atoms with Crippen LogP contribution in [0.4, 0.5) is 15.9 Å². The van der Waals surface area contributed by atoms with Crippen molar-refractivity contribution >= 4 is 17.4 Å². The molecule has 0 spiro atoms. The summed E-state index contributed by atoms with van der Waals surface area (Å²) in [5.41, 5.74) is 0.713. The number of hydrogen-bond acceptors (Lipinski definition) is 4. The minimum atomic E-state index is -0.552. The number of nitrogens with one attached hydrogen (secondary N) is 2. The van der Waals surface area contributed by atoms with Gasteiger partial charge in [-0.1, -0.05) is 6.92 Å². The topological polar surface area (TPSA) is 66.9 Å². The molecule has 0 fully saturated rings. The predicted molar refractivity (Wildman–Crippen MR) is 75.2 cm³/mol. The van der Waals surface area contributed by atoms with E-state index in [-0.39, 0.29) is 5.56 Å². The molecule has 0 atom stereocenters. The van der Waals surface area contributed by atoms with Crippen molar-refractivity contribution in [1.29, 1.82) is 0 Å². The van der Waals surface area contributed by atoms with Gasteiger partial charge in [-0.2, -0.15) is 0 Å². The smallest absolute Gasteiger partial charge is 0.259 e. The Labute approximate surface area is 116 Å². The Hall–Kier alpha value is -2.50.